The van der Waals surface area contributed by atoms with Gasteiger partial charge in [-0.3, -0.25) is 14.3 Å². The van der Waals surface area contributed by atoms with Gasteiger partial charge in [-0.1, -0.05) is 19.8 Å². The van der Waals surface area contributed by atoms with Crippen molar-refractivity contribution < 1.29 is 14.9 Å². The number of nitrogens with one attached hydrogen (secondary N) is 2. The summed E-state index contributed by atoms with van der Waals surface area (Å²) >= 11 is 5.15. The van der Waals surface area contributed by atoms with Crippen molar-refractivity contribution in [3.63, 3.8) is 0 Å². The normalized spacial score (nSPS) is 28.2. The molecule has 1 saturated heterocycles. The summed E-state index contributed by atoms with van der Waals surface area (Å²) in [6.45, 7) is 2.42. The van der Waals surface area contributed by atoms with E-state index in [0.29, 0.717) is 18.5 Å². The highest BCUT2D eigenvalue weighted by Gasteiger charge is 2.43. The summed E-state index contributed by atoms with van der Waals surface area (Å²) < 4.78 is 7.45. The molecule has 0 amide bonds. The first-order chi connectivity index (χ1) is 10.5. The van der Waals surface area contributed by atoms with Crippen LogP contribution in [0.2, 0.25) is 0 Å². The molecule has 0 bridgehead atoms. The highest BCUT2D eigenvalue weighted by molar-refractivity contribution is 7.71. The third-order valence-electron chi connectivity index (χ3n) is 3.86. The van der Waals surface area contributed by atoms with Crippen LogP contribution in [-0.2, 0) is 11.3 Å². The Balaban J connectivity index is 2.29. The van der Waals surface area contributed by atoms with Crippen LogP contribution in [0.25, 0.3) is 0 Å². The molecule has 4 N–H and O–H groups in total. The van der Waals surface area contributed by atoms with E-state index in [0.717, 1.165) is 12.8 Å². The maximum atomic E-state index is 11.8. The van der Waals surface area contributed by atoms with Crippen molar-refractivity contribution in [2.75, 3.05) is 7.05 Å². The van der Waals surface area contributed by atoms with Crippen LogP contribution in [0.15, 0.2) is 11.0 Å². The van der Waals surface area contributed by atoms with E-state index in [9.17, 15) is 15.0 Å². The molecule has 1 aromatic heterocycles. The number of hydrogen-bond acceptors (Lipinski definition) is 6. The molecule has 0 saturated carbocycles. The number of H-pyrrole nitrogens is 1. The Hall–Kier alpha value is -1.06. The summed E-state index contributed by atoms with van der Waals surface area (Å²) in [5.74, 6) is 0. The Kier molecular flexibility index (Phi) is 5.87. The molecular weight excluding hydrogens is 306 g/mol. The SMILES string of the molecule is CCCC[C@H]1OC(n2cc(CNC)c(=O)[nH]c2=S)[C@H](O)[C@@H]1O. The predicted molar refractivity (Wildman–Crippen MR) is 84.1 cm³/mol. The van der Waals surface area contributed by atoms with Crippen LogP contribution in [0, 0.1) is 4.77 Å². The van der Waals surface area contributed by atoms with Crippen LogP contribution in [0.1, 0.15) is 38.0 Å². The maximum absolute atomic E-state index is 11.8. The summed E-state index contributed by atoms with van der Waals surface area (Å²) in [5.41, 5.74) is 0.213. The van der Waals surface area contributed by atoms with Crippen LogP contribution in [0.5, 0.6) is 0 Å². The largest absolute Gasteiger partial charge is 0.388 e. The fourth-order valence-corrected chi connectivity index (χ4v) is 2.88. The van der Waals surface area contributed by atoms with Crippen LogP contribution in [-0.4, -0.2) is 45.1 Å². The fraction of sp³-hybridized carbons (Fsp3) is 0.714. The number of unbranched alkanes of at least 4 members (excludes halogenated alkanes) is 1. The third-order valence-corrected chi connectivity index (χ3v) is 4.18. The van der Waals surface area contributed by atoms with E-state index >= 15 is 0 Å². The monoisotopic (exact) mass is 329 g/mol. The molecule has 7 nitrogen and oxygen atoms in total. The lowest BCUT2D eigenvalue weighted by Crippen LogP contribution is -2.32. The molecule has 8 heteroatoms. The van der Waals surface area contributed by atoms with Gasteiger partial charge >= 0.3 is 0 Å². The number of rotatable bonds is 6. The third kappa shape index (κ3) is 3.47. The number of aliphatic hydroxyl groups is 2. The van der Waals surface area contributed by atoms with Gasteiger partial charge in [0.15, 0.2) is 11.0 Å². The minimum Gasteiger partial charge on any atom is -0.388 e. The van der Waals surface area contributed by atoms with E-state index < -0.39 is 24.5 Å². The zero-order valence-electron chi connectivity index (χ0n) is 12.8. The zero-order valence-corrected chi connectivity index (χ0v) is 13.6. The molecule has 1 aliphatic rings. The quantitative estimate of drug-likeness (QED) is 0.565. The van der Waals surface area contributed by atoms with Crippen LogP contribution in [0.3, 0.4) is 0 Å². The van der Waals surface area contributed by atoms with Gasteiger partial charge in [-0.2, -0.15) is 0 Å². The van der Waals surface area contributed by atoms with Gasteiger partial charge in [0.2, 0.25) is 0 Å². The number of hydrogen-bond donors (Lipinski definition) is 4. The molecule has 0 spiro atoms. The Labute approximate surface area is 133 Å². The second-order valence-corrected chi connectivity index (χ2v) is 5.93. The van der Waals surface area contributed by atoms with E-state index in [1.54, 1.807) is 13.2 Å². The smallest absolute Gasteiger partial charge is 0.256 e. The molecule has 1 aliphatic heterocycles. The summed E-state index contributed by atoms with van der Waals surface area (Å²) in [5, 5.41) is 23.3. The molecule has 124 valence electrons. The molecule has 4 atom stereocenters. The molecule has 2 rings (SSSR count). The van der Waals surface area contributed by atoms with Gasteiger partial charge in [0, 0.05) is 18.3 Å². The number of ether oxygens (including phenoxy) is 1. The standard InChI is InChI=1S/C14H23N3O4S/c1-3-4-5-9-10(18)11(19)13(21-9)17-7-8(6-15-2)12(20)16-14(17)22/h7,9-11,13,15,18-19H,3-6H2,1-2H3,(H,16,20,22)/t9-,10-,11-,13?/m1/s1. The zero-order chi connectivity index (χ0) is 16.3. The molecule has 22 heavy (non-hydrogen) atoms. The molecular formula is C14H23N3O4S. The molecule has 1 aromatic rings. The van der Waals surface area contributed by atoms with Gasteiger partial charge in [0.25, 0.3) is 5.56 Å². The number of aromatic amines is 1. The molecule has 2 heterocycles. The molecule has 0 radical (unpaired) electrons. The van der Waals surface area contributed by atoms with Crippen LogP contribution in [0.4, 0.5) is 0 Å². The van der Waals surface area contributed by atoms with Crippen LogP contribution >= 0.6 is 12.2 Å². The average Bonchev–Trinajstić information content (AvgIpc) is 2.76. The van der Waals surface area contributed by atoms with Crippen LogP contribution < -0.4 is 10.9 Å². The van der Waals surface area contributed by atoms with Gasteiger partial charge in [-0.25, -0.2) is 0 Å². The Morgan fingerprint density at radius 2 is 2.18 bits per heavy atom. The first-order valence-corrected chi connectivity index (χ1v) is 7.91. The maximum Gasteiger partial charge on any atom is 0.256 e. The minimum atomic E-state index is -1.08. The van der Waals surface area contributed by atoms with Crippen molar-refractivity contribution in [1.29, 1.82) is 0 Å². The summed E-state index contributed by atoms with van der Waals surface area (Å²) in [6, 6.07) is 0. The van der Waals surface area contributed by atoms with E-state index in [-0.39, 0.29) is 10.3 Å². The molecule has 1 fully saturated rings. The number of aliphatic hydroxyl groups excluding tert-OH is 2. The first-order valence-electron chi connectivity index (χ1n) is 7.50. The second kappa shape index (κ2) is 7.47. The first kappa shape index (κ1) is 17.3. The van der Waals surface area contributed by atoms with E-state index in [2.05, 4.69) is 17.2 Å². The van der Waals surface area contributed by atoms with Gasteiger partial charge in [-0.05, 0) is 25.7 Å². The second-order valence-electron chi connectivity index (χ2n) is 5.54. The lowest BCUT2D eigenvalue weighted by Gasteiger charge is -2.19. The van der Waals surface area contributed by atoms with Crippen molar-refractivity contribution in [3.05, 3.63) is 26.9 Å². The van der Waals surface area contributed by atoms with E-state index in [4.69, 9.17) is 17.0 Å². The fourth-order valence-electron chi connectivity index (χ4n) is 2.64. The highest BCUT2D eigenvalue weighted by atomic mass is 32.1. The van der Waals surface area contributed by atoms with Crippen molar-refractivity contribution in [3.8, 4) is 0 Å². The van der Waals surface area contributed by atoms with Gasteiger partial charge in [-0.15, -0.1) is 0 Å². The Morgan fingerprint density at radius 1 is 1.45 bits per heavy atom. The lowest BCUT2D eigenvalue weighted by atomic mass is 10.1. The van der Waals surface area contributed by atoms with Crippen molar-refractivity contribution in [2.45, 2.75) is 57.3 Å². The number of aromatic nitrogens is 2. The average molecular weight is 329 g/mol. The summed E-state index contributed by atoms with van der Waals surface area (Å²) in [6.07, 6.45) is 0.866. The van der Waals surface area contributed by atoms with Gasteiger partial charge < -0.3 is 20.3 Å². The van der Waals surface area contributed by atoms with E-state index in [1.165, 1.54) is 4.57 Å². The lowest BCUT2D eigenvalue weighted by molar-refractivity contribution is -0.0412. The topological polar surface area (TPSA) is 99.5 Å². The molecule has 0 aliphatic carbocycles. The Morgan fingerprint density at radius 3 is 2.82 bits per heavy atom. The number of nitrogens with zero attached hydrogens (tertiary/aromatic N) is 1. The predicted octanol–water partition coefficient (Wildman–Crippen LogP) is 0.435. The summed E-state index contributed by atoms with van der Waals surface area (Å²) in [4.78, 5) is 14.4. The van der Waals surface area contributed by atoms with Crippen molar-refractivity contribution in [1.82, 2.24) is 14.9 Å². The minimum absolute atomic E-state index is 0.164. The van der Waals surface area contributed by atoms with Crippen molar-refractivity contribution >= 4 is 12.2 Å². The Bertz CT molecular complexity index is 615. The van der Waals surface area contributed by atoms with E-state index in [1.807, 2.05) is 0 Å². The van der Waals surface area contributed by atoms with Crippen molar-refractivity contribution in [2.24, 2.45) is 0 Å². The van der Waals surface area contributed by atoms with Gasteiger partial charge in [0.05, 0.1) is 6.10 Å². The molecule has 0 aromatic carbocycles. The molecule has 1 unspecified atom stereocenters. The highest BCUT2D eigenvalue weighted by Crippen LogP contribution is 2.31. The summed E-state index contributed by atoms with van der Waals surface area (Å²) in [7, 11) is 1.73. The van der Waals surface area contributed by atoms with Gasteiger partial charge in [0.1, 0.15) is 12.2 Å².